The summed E-state index contributed by atoms with van der Waals surface area (Å²) in [4.78, 5) is 24.7. The van der Waals surface area contributed by atoms with Gasteiger partial charge >= 0.3 is 11.9 Å². The summed E-state index contributed by atoms with van der Waals surface area (Å²) in [5.74, 6) is -0.404. The van der Waals surface area contributed by atoms with Gasteiger partial charge < -0.3 is 14.2 Å². The summed E-state index contributed by atoms with van der Waals surface area (Å²) in [6.07, 6.45) is 26.7. The van der Waals surface area contributed by atoms with Gasteiger partial charge in [-0.3, -0.25) is 9.59 Å². The van der Waals surface area contributed by atoms with Crippen LogP contribution >= 0.6 is 0 Å². The molecule has 5 heteroatoms. The lowest BCUT2D eigenvalue weighted by atomic mass is 10.1. The summed E-state index contributed by atoms with van der Waals surface area (Å²) in [7, 11) is 0. The second-order valence-corrected chi connectivity index (χ2v) is 11.1. The zero-order chi connectivity index (χ0) is 27.9. The largest absolute Gasteiger partial charge is 0.462 e. The van der Waals surface area contributed by atoms with Crippen LogP contribution < -0.4 is 0 Å². The van der Waals surface area contributed by atoms with Crippen LogP contribution in [-0.4, -0.2) is 37.9 Å². The molecule has 1 unspecified atom stereocenters. The number of carbonyl (C=O) groups excluding carboxylic acids is 2. The minimum atomic E-state index is -0.515. The van der Waals surface area contributed by atoms with E-state index in [1.54, 1.807) is 0 Å². The fraction of sp³-hybridized carbons (Fsp3) is 0.939. The minimum absolute atomic E-state index is 0.0928. The van der Waals surface area contributed by atoms with Crippen molar-refractivity contribution in [3.8, 4) is 0 Å². The molecule has 0 fully saturated rings. The number of hydrogen-bond acceptors (Lipinski definition) is 5. The lowest BCUT2D eigenvalue weighted by Gasteiger charge is -2.18. The van der Waals surface area contributed by atoms with Gasteiger partial charge in [0.2, 0.25) is 0 Å². The van der Waals surface area contributed by atoms with Crippen molar-refractivity contribution < 1.29 is 23.8 Å². The van der Waals surface area contributed by atoms with Crippen LogP contribution in [0.25, 0.3) is 0 Å². The van der Waals surface area contributed by atoms with Crippen molar-refractivity contribution in [3.63, 3.8) is 0 Å². The number of ether oxygens (including phenoxy) is 3. The third-order valence-corrected chi connectivity index (χ3v) is 7.14. The van der Waals surface area contributed by atoms with Gasteiger partial charge in [0.15, 0.2) is 6.10 Å². The van der Waals surface area contributed by atoms with Gasteiger partial charge in [-0.1, -0.05) is 143 Å². The second-order valence-electron chi connectivity index (χ2n) is 11.1. The molecule has 5 nitrogen and oxygen atoms in total. The maximum absolute atomic E-state index is 12.4. The van der Waals surface area contributed by atoms with Crippen LogP contribution in [0, 0.1) is 0 Å². The summed E-state index contributed by atoms with van der Waals surface area (Å²) in [5, 5.41) is 0. The molecule has 0 rings (SSSR count). The first-order valence-electron chi connectivity index (χ1n) is 16.6. The number of unbranched alkanes of at least 4 members (excludes halogenated alkanes) is 19. The van der Waals surface area contributed by atoms with Gasteiger partial charge in [-0.05, 0) is 19.3 Å². The van der Waals surface area contributed by atoms with Crippen molar-refractivity contribution in [2.75, 3.05) is 19.8 Å². The van der Waals surface area contributed by atoms with Crippen molar-refractivity contribution in [2.24, 2.45) is 0 Å². The first-order valence-corrected chi connectivity index (χ1v) is 16.6. The Morgan fingerprint density at radius 2 is 0.868 bits per heavy atom. The Labute approximate surface area is 236 Å². The van der Waals surface area contributed by atoms with Gasteiger partial charge in [-0.25, -0.2) is 0 Å². The summed E-state index contributed by atoms with van der Waals surface area (Å²) in [6, 6.07) is 0. The molecular weight excluding hydrogens is 476 g/mol. The van der Waals surface area contributed by atoms with E-state index in [9.17, 15) is 9.59 Å². The molecule has 0 amide bonds. The number of esters is 2. The lowest BCUT2D eigenvalue weighted by molar-refractivity contribution is -0.163. The molecule has 0 aliphatic heterocycles. The first kappa shape index (κ1) is 36.9. The highest BCUT2D eigenvalue weighted by Gasteiger charge is 2.17. The standard InChI is InChI=1S/C33H64O5/c1-4-7-10-13-16-17-19-20-23-26-32(34)37-30-31(29-36-28-25-22-15-12-9-6-3)38-33(35)27-24-21-18-14-11-8-5-2/h31H,4-30H2,1-3H3. The Hall–Kier alpha value is -1.10. The zero-order valence-electron chi connectivity index (χ0n) is 25.7. The smallest absolute Gasteiger partial charge is 0.306 e. The highest BCUT2D eigenvalue weighted by Crippen LogP contribution is 2.12. The molecule has 1 atom stereocenters. The maximum Gasteiger partial charge on any atom is 0.306 e. The Kier molecular flexibility index (Phi) is 29.6. The van der Waals surface area contributed by atoms with E-state index in [-0.39, 0.29) is 18.5 Å². The average molecular weight is 541 g/mol. The number of carbonyl (C=O) groups is 2. The van der Waals surface area contributed by atoms with E-state index >= 15 is 0 Å². The number of hydrogen-bond donors (Lipinski definition) is 0. The van der Waals surface area contributed by atoms with E-state index in [2.05, 4.69) is 20.8 Å². The predicted octanol–water partition coefficient (Wildman–Crippen LogP) is 9.88. The molecule has 0 radical (unpaired) electrons. The average Bonchev–Trinajstić information content (AvgIpc) is 2.91. The fourth-order valence-electron chi connectivity index (χ4n) is 4.62. The van der Waals surface area contributed by atoms with Crippen LogP contribution in [0.4, 0.5) is 0 Å². The summed E-state index contributed by atoms with van der Waals surface area (Å²) >= 11 is 0. The van der Waals surface area contributed by atoms with E-state index < -0.39 is 6.10 Å². The summed E-state index contributed by atoms with van der Waals surface area (Å²) < 4.78 is 17.0. The van der Waals surface area contributed by atoms with E-state index in [1.165, 1.54) is 103 Å². The van der Waals surface area contributed by atoms with Crippen LogP contribution in [0.3, 0.4) is 0 Å². The topological polar surface area (TPSA) is 61.8 Å². The minimum Gasteiger partial charge on any atom is -0.462 e. The molecular formula is C33H64O5. The third kappa shape index (κ3) is 27.9. The van der Waals surface area contributed by atoms with Crippen molar-refractivity contribution in [1.29, 1.82) is 0 Å². The van der Waals surface area contributed by atoms with Crippen molar-refractivity contribution in [2.45, 2.75) is 181 Å². The highest BCUT2D eigenvalue weighted by molar-refractivity contribution is 5.70. The van der Waals surface area contributed by atoms with Crippen LogP contribution in [0.5, 0.6) is 0 Å². The van der Waals surface area contributed by atoms with Crippen LogP contribution in [0.15, 0.2) is 0 Å². The van der Waals surface area contributed by atoms with E-state index in [4.69, 9.17) is 14.2 Å². The van der Waals surface area contributed by atoms with E-state index in [0.29, 0.717) is 26.1 Å². The monoisotopic (exact) mass is 540 g/mol. The second kappa shape index (κ2) is 30.4. The molecule has 0 aromatic carbocycles. The van der Waals surface area contributed by atoms with Crippen molar-refractivity contribution in [3.05, 3.63) is 0 Å². The molecule has 0 aromatic rings. The molecule has 0 saturated carbocycles. The van der Waals surface area contributed by atoms with Crippen LogP contribution in [0.2, 0.25) is 0 Å². The van der Waals surface area contributed by atoms with E-state index in [0.717, 1.165) is 38.5 Å². The molecule has 38 heavy (non-hydrogen) atoms. The Morgan fingerprint density at radius 3 is 1.34 bits per heavy atom. The Morgan fingerprint density at radius 1 is 0.474 bits per heavy atom. The Balaban J connectivity index is 4.17. The normalized spacial score (nSPS) is 12.0. The van der Waals surface area contributed by atoms with Crippen molar-refractivity contribution >= 4 is 11.9 Å². The molecule has 0 spiro atoms. The van der Waals surface area contributed by atoms with Crippen LogP contribution in [-0.2, 0) is 23.8 Å². The molecule has 0 saturated heterocycles. The molecule has 0 heterocycles. The van der Waals surface area contributed by atoms with Gasteiger partial charge in [-0.2, -0.15) is 0 Å². The summed E-state index contributed by atoms with van der Waals surface area (Å²) in [6.45, 7) is 7.73. The fourth-order valence-corrected chi connectivity index (χ4v) is 4.62. The highest BCUT2D eigenvalue weighted by atomic mass is 16.6. The maximum atomic E-state index is 12.4. The molecule has 0 aliphatic rings. The number of rotatable bonds is 30. The molecule has 0 aliphatic carbocycles. The van der Waals surface area contributed by atoms with Crippen molar-refractivity contribution in [1.82, 2.24) is 0 Å². The van der Waals surface area contributed by atoms with Gasteiger partial charge in [0.05, 0.1) is 6.61 Å². The summed E-state index contributed by atoms with van der Waals surface area (Å²) in [5.41, 5.74) is 0. The Bertz CT molecular complexity index is 508. The van der Waals surface area contributed by atoms with Gasteiger partial charge in [0.1, 0.15) is 6.61 Å². The first-order chi connectivity index (χ1) is 18.6. The molecule has 0 bridgehead atoms. The molecule has 226 valence electrons. The van der Waals surface area contributed by atoms with Gasteiger partial charge in [0.25, 0.3) is 0 Å². The van der Waals surface area contributed by atoms with Gasteiger partial charge in [-0.15, -0.1) is 0 Å². The van der Waals surface area contributed by atoms with Gasteiger partial charge in [0, 0.05) is 19.4 Å². The van der Waals surface area contributed by atoms with Crippen LogP contribution in [0.1, 0.15) is 175 Å². The zero-order valence-corrected chi connectivity index (χ0v) is 25.7. The van der Waals surface area contributed by atoms with E-state index in [1.807, 2.05) is 0 Å². The quantitative estimate of drug-likeness (QED) is 0.0670. The molecule has 0 N–H and O–H groups in total. The lowest BCUT2D eigenvalue weighted by Crippen LogP contribution is -2.30. The molecule has 0 aromatic heterocycles. The SMILES string of the molecule is CCCCCCCCCCCC(=O)OCC(COCCCCCCCC)OC(=O)CCCCCCCCC. The predicted molar refractivity (Wildman–Crippen MR) is 159 cm³/mol. The third-order valence-electron chi connectivity index (χ3n) is 7.14.